The Morgan fingerprint density at radius 1 is 1.33 bits per heavy atom. The Morgan fingerprint density at radius 3 is 2.73 bits per heavy atom. The fourth-order valence-electron chi connectivity index (χ4n) is 3.71. The van der Waals surface area contributed by atoms with Crippen LogP contribution in [0.25, 0.3) is 0 Å². The molecule has 0 heterocycles. The Kier molecular flexibility index (Phi) is 2.94. The predicted molar refractivity (Wildman–Crippen MR) is 63.6 cm³/mol. The van der Waals surface area contributed by atoms with E-state index in [2.05, 4.69) is 26.8 Å². The second-order valence-electron chi connectivity index (χ2n) is 5.94. The molecule has 15 heavy (non-hydrogen) atoms. The van der Waals surface area contributed by atoms with E-state index >= 15 is 0 Å². The van der Waals surface area contributed by atoms with Crippen molar-refractivity contribution >= 4 is 0 Å². The molecule has 1 spiro atoms. The van der Waals surface area contributed by atoms with E-state index in [1.165, 1.54) is 31.3 Å². The molecule has 0 amide bonds. The summed E-state index contributed by atoms with van der Waals surface area (Å²) >= 11 is 0. The van der Waals surface area contributed by atoms with Crippen LogP contribution in [0.5, 0.6) is 0 Å². The summed E-state index contributed by atoms with van der Waals surface area (Å²) in [6.07, 6.45) is 8.16. The SMILES string of the molecule is CC1=CC(C)C2(CC1)CC(C)CCC2O. The van der Waals surface area contributed by atoms with Crippen LogP contribution >= 0.6 is 0 Å². The Bertz CT molecular complexity index is 269. The maximum atomic E-state index is 10.3. The summed E-state index contributed by atoms with van der Waals surface area (Å²) in [7, 11) is 0. The van der Waals surface area contributed by atoms with Gasteiger partial charge in [0.15, 0.2) is 0 Å². The van der Waals surface area contributed by atoms with Gasteiger partial charge in [-0.15, -0.1) is 0 Å². The van der Waals surface area contributed by atoms with Crippen molar-refractivity contribution in [3.8, 4) is 0 Å². The van der Waals surface area contributed by atoms with Gasteiger partial charge in [-0.25, -0.2) is 0 Å². The molecule has 0 aliphatic heterocycles. The maximum absolute atomic E-state index is 10.3. The van der Waals surface area contributed by atoms with Gasteiger partial charge in [0, 0.05) is 5.41 Å². The van der Waals surface area contributed by atoms with Gasteiger partial charge in [-0.3, -0.25) is 0 Å². The van der Waals surface area contributed by atoms with Crippen molar-refractivity contribution in [2.45, 2.75) is 59.0 Å². The minimum atomic E-state index is -0.0620. The van der Waals surface area contributed by atoms with Crippen LogP contribution in [0.3, 0.4) is 0 Å². The van der Waals surface area contributed by atoms with Gasteiger partial charge in [0.1, 0.15) is 0 Å². The summed E-state index contributed by atoms with van der Waals surface area (Å²) in [5.74, 6) is 1.35. The zero-order chi connectivity index (χ0) is 11.1. The first-order valence-electron chi connectivity index (χ1n) is 6.40. The molecule has 0 aromatic carbocycles. The van der Waals surface area contributed by atoms with Crippen molar-refractivity contribution < 1.29 is 5.11 Å². The van der Waals surface area contributed by atoms with E-state index in [0.717, 1.165) is 12.3 Å². The monoisotopic (exact) mass is 208 g/mol. The van der Waals surface area contributed by atoms with Gasteiger partial charge < -0.3 is 5.11 Å². The first-order valence-corrected chi connectivity index (χ1v) is 6.40. The molecule has 1 nitrogen and oxygen atoms in total. The van der Waals surface area contributed by atoms with Crippen molar-refractivity contribution in [2.24, 2.45) is 17.3 Å². The van der Waals surface area contributed by atoms with Crippen LogP contribution in [0.2, 0.25) is 0 Å². The van der Waals surface area contributed by atoms with Gasteiger partial charge in [-0.2, -0.15) is 0 Å². The fourth-order valence-corrected chi connectivity index (χ4v) is 3.71. The van der Waals surface area contributed by atoms with E-state index < -0.39 is 0 Å². The number of hydrogen-bond acceptors (Lipinski definition) is 1. The first kappa shape index (κ1) is 11.2. The Hall–Kier alpha value is -0.300. The first-order chi connectivity index (χ1) is 7.04. The highest BCUT2D eigenvalue weighted by Crippen LogP contribution is 2.51. The third kappa shape index (κ3) is 1.87. The summed E-state index contributed by atoms with van der Waals surface area (Å²) in [4.78, 5) is 0. The number of aliphatic hydroxyl groups excluding tert-OH is 1. The molecule has 0 saturated heterocycles. The van der Waals surface area contributed by atoms with E-state index in [0.29, 0.717) is 5.92 Å². The highest BCUT2D eigenvalue weighted by molar-refractivity contribution is 5.13. The average Bonchev–Trinajstić information content (AvgIpc) is 2.18. The van der Waals surface area contributed by atoms with Gasteiger partial charge in [-0.05, 0) is 50.9 Å². The smallest absolute Gasteiger partial charge is 0.0602 e. The van der Waals surface area contributed by atoms with Gasteiger partial charge in [0.2, 0.25) is 0 Å². The number of rotatable bonds is 0. The van der Waals surface area contributed by atoms with Gasteiger partial charge in [0.25, 0.3) is 0 Å². The van der Waals surface area contributed by atoms with Crippen LogP contribution in [-0.2, 0) is 0 Å². The second-order valence-corrected chi connectivity index (χ2v) is 5.94. The largest absolute Gasteiger partial charge is 0.393 e. The Labute approximate surface area is 93.6 Å². The predicted octanol–water partition coefficient (Wildman–Crippen LogP) is 3.53. The van der Waals surface area contributed by atoms with E-state index in [9.17, 15) is 5.11 Å². The Morgan fingerprint density at radius 2 is 2.07 bits per heavy atom. The molecule has 2 aliphatic rings. The molecule has 2 rings (SSSR count). The standard InChI is InChI=1S/C14H24O/c1-10-6-7-14(12(3)8-10)9-11(2)4-5-13(14)15/h8,11-13,15H,4-7,9H2,1-3H3. The van der Waals surface area contributed by atoms with Crippen molar-refractivity contribution in [3.63, 3.8) is 0 Å². The molecule has 0 aromatic rings. The maximum Gasteiger partial charge on any atom is 0.0602 e. The summed E-state index contributed by atoms with van der Waals surface area (Å²) < 4.78 is 0. The number of allylic oxidation sites excluding steroid dienone is 2. The molecule has 2 aliphatic carbocycles. The summed E-state index contributed by atoms with van der Waals surface area (Å²) in [6, 6.07) is 0. The topological polar surface area (TPSA) is 20.2 Å². The van der Waals surface area contributed by atoms with E-state index in [-0.39, 0.29) is 11.5 Å². The lowest BCUT2D eigenvalue weighted by Crippen LogP contribution is -2.46. The lowest BCUT2D eigenvalue weighted by atomic mass is 9.57. The summed E-state index contributed by atoms with van der Waals surface area (Å²) in [5.41, 5.74) is 1.72. The van der Waals surface area contributed by atoms with Gasteiger partial charge in [0.05, 0.1) is 6.10 Å². The van der Waals surface area contributed by atoms with Crippen LogP contribution in [0.1, 0.15) is 52.9 Å². The van der Waals surface area contributed by atoms with Crippen LogP contribution in [0, 0.1) is 17.3 Å². The lowest BCUT2D eigenvalue weighted by molar-refractivity contribution is -0.0610. The second kappa shape index (κ2) is 3.93. The quantitative estimate of drug-likeness (QED) is 0.604. The third-order valence-electron chi connectivity index (χ3n) is 4.75. The zero-order valence-electron chi connectivity index (χ0n) is 10.3. The van der Waals surface area contributed by atoms with Crippen LogP contribution in [0.4, 0.5) is 0 Å². The average molecular weight is 208 g/mol. The molecular formula is C14H24O. The zero-order valence-corrected chi connectivity index (χ0v) is 10.3. The highest BCUT2D eigenvalue weighted by atomic mass is 16.3. The normalized spacial score (nSPS) is 46.7. The molecule has 4 unspecified atom stereocenters. The van der Waals surface area contributed by atoms with Crippen molar-refractivity contribution in [1.82, 2.24) is 0 Å². The van der Waals surface area contributed by atoms with E-state index in [4.69, 9.17) is 0 Å². The number of hydrogen-bond donors (Lipinski definition) is 1. The van der Waals surface area contributed by atoms with E-state index in [1.807, 2.05) is 0 Å². The lowest BCUT2D eigenvalue weighted by Gasteiger charge is -2.49. The molecule has 0 aromatic heterocycles. The molecule has 1 fully saturated rings. The van der Waals surface area contributed by atoms with Crippen molar-refractivity contribution in [1.29, 1.82) is 0 Å². The number of aliphatic hydroxyl groups is 1. The van der Waals surface area contributed by atoms with Crippen molar-refractivity contribution in [2.75, 3.05) is 0 Å². The molecule has 1 saturated carbocycles. The highest BCUT2D eigenvalue weighted by Gasteiger charge is 2.46. The molecule has 1 N–H and O–H groups in total. The van der Waals surface area contributed by atoms with Crippen LogP contribution < -0.4 is 0 Å². The molecule has 4 atom stereocenters. The molecule has 86 valence electrons. The minimum Gasteiger partial charge on any atom is -0.393 e. The molecule has 1 heteroatoms. The third-order valence-corrected chi connectivity index (χ3v) is 4.75. The van der Waals surface area contributed by atoms with E-state index in [1.54, 1.807) is 0 Å². The Balaban J connectivity index is 2.24. The molecule has 0 radical (unpaired) electrons. The summed E-state index contributed by atoms with van der Waals surface area (Å²) in [5, 5.41) is 10.3. The fraction of sp³-hybridized carbons (Fsp3) is 0.857. The minimum absolute atomic E-state index is 0.0620. The van der Waals surface area contributed by atoms with Crippen LogP contribution in [-0.4, -0.2) is 11.2 Å². The van der Waals surface area contributed by atoms with Crippen LogP contribution in [0.15, 0.2) is 11.6 Å². The summed E-state index contributed by atoms with van der Waals surface area (Å²) in [6.45, 7) is 6.86. The van der Waals surface area contributed by atoms with Gasteiger partial charge >= 0.3 is 0 Å². The molecule has 0 bridgehead atoms. The van der Waals surface area contributed by atoms with Crippen molar-refractivity contribution in [3.05, 3.63) is 11.6 Å². The molecular weight excluding hydrogens is 184 g/mol. The van der Waals surface area contributed by atoms with Gasteiger partial charge in [-0.1, -0.05) is 25.5 Å².